The Labute approximate surface area is 150 Å². The van der Waals surface area contributed by atoms with Crippen LogP contribution in [0.3, 0.4) is 0 Å². The molecular weight excluding hydrogens is 338 g/mol. The normalized spacial score (nSPS) is 11.6. The smallest absolute Gasteiger partial charge is 0.327 e. The van der Waals surface area contributed by atoms with E-state index in [0.29, 0.717) is 11.1 Å². The SMILES string of the molecule is CSC[C@@H](C(=O)O)N(C(C)=O)C(=O)c1ccccc1-c1ccccc1. The van der Waals surface area contributed by atoms with Crippen molar-refractivity contribution in [1.82, 2.24) is 4.90 Å². The molecule has 1 atom stereocenters. The predicted octanol–water partition coefficient (Wildman–Crippen LogP) is 3.16. The molecule has 2 aromatic rings. The Balaban J connectivity index is 2.51. The average molecular weight is 357 g/mol. The van der Waals surface area contributed by atoms with Gasteiger partial charge in [-0.05, 0) is 23.4 Å². The van der Waals surface area contributed by atoms with Crippen LogP contribution in [-0.2, 0) is 9.59 Å². The second-order valence-electron chi connectivity index (χ2n) is 5.42. The van der Waals surface area contributed by atoms with Gasteiger partial charge in [-0.1, -0.05) is 48.5 Å². The predicted molar refractivity (Wildman–Crippen MR) is 98.5 cm³/mol. The summed E-state index contributed by atoms with van der Waals surface area (Å²) in [5.74, 6) is -2.26. The zero-order chi connectivity index (χ0) is 18.4. The summed E-state index contributed by atoms with van der Waals surface area (Å²) in [6.07, 6.45) is 1.73. The number of benzene rings is 2. The first-order chi connectivity index (χ1) is 12.0. The summed E-state index contributed by atoms with van der Waals surface area (Å²) in [7, 11) is 0. The van der Waals surface area contributed by atoms with Gasteiger partial charge in [0, 0.05) is 18.2 Å². The van der Waals surface area contributed by atoms with Gasteiger partial charge < -0.3 is 5.11 Å². The number of carbonyl (C=O) groups is 3. The number of carbonyl (C=O) groups excluding carboxylic acids is 2. The summed E-state index contributed by atoms with van der Waals surface area (Å²) < 4.78 is 0. The van der Waals surface area contributed by atoms with Crippen molar-refractivity contribution in [3.05, 3.63) is 60.2 Å². The molecule has 25 heavy (non-hydrogen) atoms. The lowest BCUT2D eigenvalue weighted by molar-refractivity contribution is -0.146. The standard InChI is InChI=1S/C19H19NO4S/c1-13(21)20(17(12-25-2)19(23)24)18(22)16-11-7-6-10-15(16)14-8-4-3-5-9-14/h3-11,17H,12H2,1-2H3,(H,23,24)/t17-/m0/s1. The van der Waals surface area contributed by atoms with Crippen LogP contribution in [-0.4, -0.2) is 45.8 Å². The fourth-order valence-electron chi connectivity index (χ4n) is 2.59. The third kappa shape index (κ3) is 4.28. The van der Waals surface area contributed by atoms with Gasteiger partial charge in [-0.25, -0.2) is 4.79 Å². The van der Waals surface area contributed by atoms with Crippen LogP contribution in [0.15, 0.2) is 54.6 Å². The highest BCUT2D eigenvalue weighted by Crippen LogP contribution is 2.25. The summed E-state index contributed by atoms with van der Waals surface area (Å²) in [5, 5.41) is 9.45. The number of rotatable bonds is 6. The van der Waals surface area contributed by atoms with Crippen molar-refractivity contribution >= 4 is 29.5 Å². The number of thioether (sulfide) groups is 1. The number of imide groups is 1. The molecule has 0 unspecified atom stereocenters. The van der Waals surface area contributed by atoms with E-state index in [-0.39, 0.29) is 5.75 Å². The van der Waals surface area contributed by atoms with Crippen molar-refractivity contribution in [2.24, 2.45) is 0 Å². The second kappa shape index (κ2) is 8.48. The molecule has 0 radical (unpaired) electrons. The number of carboxylic acids is 1. The molecule has 1 N–H and O–H groups in total. The van der Waals surface area contributed by atoms with Crippen molar-refractivity contribution in [3.8, 4) is 11.1 Å². The maximum Gasteiger partial charge on any atom is 0.327 e. The molecule has 0 aliphatic carbocycles. The van der Waals surface area contributed by atoms with Gasteiger partial charge in [0.1, 0.15) is 6.04 Å². The van der Waals surface area contributed by atoms with Crippen LogP contribution in [0, 0.1) is 0 Å². The number of amides is 2. The van der Waals surface area contributed by atoms with Crippen molar-refractivity contribution in [2.45, 2.75) is 13.0 Å². The summed E-state index contributed by atoms with van der Waals surface area (Å²) in [6, 6.07) is 15.0. The lowest BCUT2D eigenvalue weighted by Gasteiger charge is -2.26. The van der Waals surface area contributed by atoms with Crippen LogP contribution in [0.4, 0.5) is 0 Å². The van der Waals surface area contributed by atoms with E-state index in [9.17, 15) is 19.5 Å². The van der Waals surface area contributed by atoms with Crippen LogP contribution in [0.2, 0.25) is 0 Å². The molecule has 0 bridgehead atoms. The Morgan fingerprint density at radius 1 is 1.04 bits per heavy atom. The summed E-state index contributed by atoms with van der Waals surface area (Å²) in [4.78, 5) is 37.5. The first-order valence-electron chi connectivity index (χ1n) is 7.67. The number of carboxylic acid groups (broad SMARTS) is 1. The maximum atomic E-state index is 13.0. The van der Waals surface area contributed by atoms with Gasteiger partial charge in [-0.3, -0.25) is 14.5 Å². The van der Waals surface area contributed by atoms with Gasteiger partial charge in [0.25, 0.3) is 5.91 Å². The number of nitrogens with zero attached hydrogens (tertiary/aromatic N) is 1. The average Bonchev–Trinajstić information content (AvgIpc) is 2.61. The largest absolute Gasteiger partial charge is 0.480 e. The van der Waals surface area contributed by atoms with E-state index in [0.717, 1.165) is 10.5 Å². The van der Waals surface area contributed by atoms with E-state index in [1.165, 1.54) is 18.7 Å². The molecule has 0 aliphatic rings. The van der Waals surface area contributed by atoms with Gasteiger partial charge >= 0.3 is 5.97 Å². The van der Waals surface area contributed by atoms with Crippen molar-refractivity contribution in [3.63, 3.8) is 0 Å². The highest BCUT2D eigenvalue weighted by Gasteiger charge is 2.34. The Bertz CT molecular complexity index is 776. The van der Waals surface area contributed by atoms with E-state index >= 15 is 0 Å². The Morgan fingerprint density at radius 2 is 1.64 bits per heavy atom. The molecule has 2 rings (SSSR count). The van der Waals surface area contributed by atoms with E-state index in [1.807, 2.05) is 30.3 Å². The molecule has 0 heterocycles. The fraction of sp³-hybridized carbons (Fsp3) is 0.211. The molecule has 130 valence electrons. The summed E-state index contributed by atoms with van der Waals surface area (Å²) in [6.45, 7) is 1.21. The molecule has 6 heteroatoms. The van der Waals surface area contributed by atoms with Crippen LogP contribution >= 0.6 is 11.8 Å². The molecule has 0 aromatic heterocycles. The first-order valence-corrected chi connectivity index (χ1v) is 9.07. The zero-order valence-electron chi connectivity index (χ0n) is 14.0. The topological polar surface area (TPSA) is 74.7 Å². The van der Waals surface area contributed by atoms with Gasteiger partial charge in [0.05, 0.1) is 0 Å². The molecule has 5 nitrogen and oxygen atoms in total. The minimum Gasteiger partial charge on any atom is -0.480 e. The molecule has 0 spiro atoms. The highest BCUT2D eigenvalue weighted by atomic mass is 32.2. The van der Waals surface area contributed by atoms with Gasteiger partial charge in [0.15, 0.2) is 0 Å². The maximum absolute atomic E-state index is 13.0. The monoisotopic (exact) mass is 357 g/mol. The van der Waals surface area contributed by atoms with Gasteiger partial charge in [-0.2, -0.15) is 11.8 Å². The van der Waals surface area contributed by atoms with Crippen LogP contribution in [0.25, 0.3) is 11.1 Å². The van der Waals surface area contributed by atoms with Crippen LogP contribution < -0.4 is 0 Å². The molecular formula is C19H19NO4S. The van der Waals surface area contributed by atoms with Gasteiger partial charge in [0.2, 0.25) is 5.91 Å². The molecule has 0 saturated carbocycles. The third-order valence-electron chi connectivity index (χ3n) is 3.72. The van der Waals surface area contributed by atoms with Crippen molar-refractivity contribution in [1.29, 1.82) is 0 Å². The van der Waals surface area contributed by atoms with E-state index in [4.69, 9.17) is 0 Å². The van der Waals surface area contributed by atoms with Crippen molar-refractivity contribution < 1.29 is 19.5 Å². The second-order valence-corrected chi connectivity index (χ2v) is 6.33. The van der Waals surface area contributed by atoms with Crippen LogP contribution in [0.5, 0.6) is 0 Å². The summed E-state index contributed by atoms with van der Waals surface area (Å²) >= 11 is 1.27. The van der Waals surface area contributed by atoms with Crippen molar-refractivity contribution in [2.75, 3.05) is 12.0 Å². The van der Waals surface area contributed by atoms with Gasteiger partial charge in [-0.15, -0.1) is 0 Å². The highest BCUT2D eigenvalue weighted by molar-refractivity contribution is 7.98. The summed E-state index contributed by atoms with van der Waals surface area (Å²) in [5.41, 5.74) is 1.79. The molecule has 0 saturated heterocycles. The Morgan fingerprint density at radius 3 is 2.20 bits per heavy atom. The van der Waals surface area contributed by atoms with E-state index in [1.54, 1.807) is 30.5 Å². The third-order valence-corrected chi connectivity index (χ3v) is 4.37. The molecule has 2 amide bonds. The lowest BCUT2D eigenvalue weighted by atomic mass is 9.98. The minimum absolute atomic E-state index is 0.133. The Kier molecular flexibility index (Phi) is 6.36. The first kappa shape index (κ1) is 18.7. The number of aliphatic carboxylic acids is 1. The Hall–Kier alpha value is -2.60. The van der Waals surface area contributed by atoms with Crippen LogP contribution in [0.1, 0.15) is 17.3 Å². The minimum atomic E-state index is -1.20. The molecule has 0 fully saturated rings. The zero-order valence-corrected chi connectivity index (χ0v) is 14.8. The molecule has 2 aromatic carbocycles. The number of hydrogen-bond donors (Lipinski definition) is 1. The fourth-order valence-corrected chi connectivity index (χ4v) is 3.19. The lowest BCUT2D eigenvalue weighted by Crippen LogP contribution is -2.49. The number of hydrogen-bond acceptors (Lipinski definition) is 4. The molecule has 0 aliphatic heterocycles. The quantitative estimate of drug-likeness (QED) is 0.859. The van der Waals surface area contributed by atoms with E-state index in [2.05, 4.69) is 0 Å². The van der Waals surface area contributed by atoms with E-state index < -0.39 is 23.8 Å².